The normalized spacial score (nSPS) is 14.6. The highest BCUT2D eigenvalue weighted by atomic mass is 35.5. The Morgan fingerprint density at radius 3 is 2.06 bits per heavy atom. The third-order valence-electron chi connectivity index (χ3n) is 7.01. The molecule has 1 atom stereocenters. The molecule has 36 heavy (non-hydrogen) atoms. The number of carbonyl (C=O) groups excluding carboxylic acids is 2. The van der Waals surface area contributed by atoms with E-state index >= 15 is 0 Å². The first-order valence-corrected chi connectivity index (χ1v) is 13.3. The molecule has 3 aromatic carbocycles. The summed E-state index contributed by atoms with van der Waals surface area (Å²) < 4.78 is 0. The number of benzene rings is 3. The lowest BCUT2D eigenvalue weighted by Gasteiger charge is -2.31. The largest absolute Gasteiger partial charge is 0.352 e. The second-order valence-electron chi connectivity index (χ2n) is 9.50. The summed E-state index contributed by atoms with van der Waals surface area (Å²) in [5.74, 6) is -0.364. The van der Waals surface area contributed by atoms with Crippen molar-refractivity contribution in [3.8, 4) is 0 Å². The number of carbonyl (C=O) groups is 2. The highest BCUT2D eigenvalue weighted by Gasteiger charge is 2.31. The Labute approximate surface area is 223 Å². The van der Waals surface area contributed by atoms with Crippen LogP contribution in [0.2, 0.25) is 10.0 Å². The van der Waals surface area contributed by atoms with E-state index in [-0.39, 0.29) is 36.7 Å². The van der Waals surface area contributed by atoms with Crippen molar-refractivity contribution in [2.75, 3.05) is 0 Å². The summed E-state index contributed by atoms with van der Waals surface area (Å²) in [6.07, 6.45) is 4.45. The van der Waals surface area contributed by atoms with Crippen LogP contribution in [0.1, 0.15) is 61.6 Å². The predicted octanol–water partition coefficient (Wildman–Crippen LogP) is 6.99. The molecule has 1 saturated carbocycles. The smallest absolute Gasteiger partial charge is 0.242 e. The molecular weight excluding hydrogens is 491 g/mol. The van der Waals surface area contributed by atoms with Crippen LogP contribution in [0.5, 0.6) is 0 Å². The molecule has 0 unspecified atom stereocenters. The number of hydrogen-bond acceptors (Lipinski definition) is 2. The molecule has 0 spiro atoms. The van der Waals surface area contributed by atoms with Crippen molar-refractivity contribution in [1.82, 2.24) is 10.2 Å². The molecule has 188 valence electrons. The summed E-state index contributed by atoms with van der Waals surface area (Å²) in [5, 5.41) is 4.16. The van der Waals surface area contributed by atoms with Gasteiger partial charge in [-0.25, -0.2) is 0 Å². The average molecular weight is 524 g/mol. The van der Waals surface area contributed by atoms with E-state index in [2.05, 4.69) is 5.32 Å². The molecule has 0 heterocycles. The highest BCUT2D eigenvalue weighted by Crippen LogP contribution is 2.30. The molecule has 4 rings (SSSR count). The van der Waals surface area contributed by atoms with Crippen molar-refractivity contribution in [2.24, 2.45) is 0 Å². The van der Waals surface area contributed by atoms with Crippen LogP contribution >= 0.6 is 23.2 Å². The molecule has 0 saturated heterocycles. The molecule has 0 radical (unpaired) electrons. The van der Waals surface area contributed by atoms with E-state index < -0.39 is 6.04 Å². The standard InChI is InChI=1S/C30H32Cl2N2O2/c1-21(30(36)33-26-14-8-9-15-26)34(20-24-16-17-25(31)18-28(24)32)29(35)19-27(22-10-4-2-5-11-22)23-12-6-3-7-13-23/h2-7,10-13,16-18,21,26-27H,8-9,14-15,19-20H2,1H3,(H,33,36)/t21-/m1/s1. The van der Waals surface area contributed by atoms with E-state index in [1.54, 1.807) is 24.0 Å². The van der Waals surface area contributed by atoms with Gasteiger partial charge in [-0.3, -0.25) is 9.59 Å². The molecule has 0 bridgehead atoms. The number of hydrogen-bond donors (Lipinski definition) is 1. The summed E-state index contributed by atoms with van der Waals surface area (Å²) >= 11 is 12.6. The number of rotatable bonds is 9. The SMILES string of the molecule is C[C@H](C(=O)NC1CCCC1)N(Cc1ccc(Cl)cc1Cl)C(=O)CC(c1ccccc1)c1ccccc1. The summed E-state index contributed by atoms with van der Waals surface area (Å²) in [4.78, 5) is 28.8. The van der Waals surface area contributed by atoms with Gasteiger partial charge in [0, 0.05) is 35.0 Å². The fraction of sp³-hybridized carbons (Fsp3) is 0.333. The van der Waals surface area contributed by atoms with Crippen LogP contribution in [0.15, 0.2) is 78.9 Å². The van der Waals surface area contributed by atoms with Crippen LogP contribution in [0.4, 0.5) is 0 Å². The number of nitrogens with one attached hydrogen (secondary N) is 1. The van der Waals surface area contributed by atoms with Crippen molar-refractivity contribution in [2.45, 2.75) is 63.6 Å². The molecule has 4 nitrogen and oxygen atoms in total. The summed E-state index contributed by atoms with van der Waals surface area (Å²) in [5.41, 5.74) is 2.88. The second-order valence-corrected chi connectivity index (χ2v) is 10.3. The lowest BCUT2D eigenvalue weighted by molar-refractivity contribution is -0.141. The zero-order valence-electron chi connectivity index (χ0n) is 20.5. The van der Waals surface area contributed by atoms with Crippen LogP contribution in [-0.4, -0.2) is 28.8 Å². The van der Waals surface area contributed by atoms with Crippen molar-refractivity contribution in [3.05, 3.63) is 106 Å². The van der Waals surface area contributed by atoms with Crippen molar-refractivity contribution < 1.29 is 9.59 Å². The first-order valence-electron chi connectivity index (χ1n) is 12.6. The van der Waals surface area contributed by atoms with Gasteiger partial charge in [-0.15, -0.1) is 0 Å². The molecule has 3 aromatic rings. The Morgan fingerprint density at radius 1 is 0.917 bits per heavy atom. The van der Waals surface area contributed by atoms with Gasteiger partial charge in [0.05, 0.1) is 0 Å². The van der Waals surface area contributed by atoms with Gasteiger partial charge in [0.15, 0.2) is 0 Å². The van der Waals surface area contributed by atoms with Crippen molar-refractivity contribution >= 4 is 35.0 Å². The molecule has 0 aliphatic heterocycles. The van der Waals surface area contributed by atoms with E-state index in [1.165, 1.54) is 0 Å². The lowest BCUT2D eigenvalue weighted by atomic mass is 9.88. The topological polar surface area (TPSA) is 49.4 Å². The number of amides is 2. The maximum atomic E-state index is 13.9. The Hall–Kier alpha value is -2.82. The van der Waals surface area contributed by atoms with E-state index in [1.807, 2.05) is 66.7 Å². The van der Waals surface area contributed by atoms with Gasteiger partial charge in [0.2, 0.25) is 11.8 Å². The van der Waals surface area contributed by atoms with Crippen LogP contribution in [0, 0.1) is 0 Å². The van der Waals surface area contributed by atoms with E-state index in [4.69, 9.17) is 23.2 Å². The lowest BCUT2D eigenvalue weighted by Crippen LogP contribution is -2.49. The van der Waals surface area contributed by atoms with E-state index in [9.17, 15) is 9.59 Å². The number of nitrogens with zero attached hydrogens (tertiary/aromatic N) is 1. The minimum atomic E-state index is -0.642. The monoisotopic (exact) mass is 522 g/mol. The van der Waals surface area contributed by atoms with Crippen molar-refractivity contribution in [3.63, 3.8) is 0 Å². The van der Waals surface area contributed by atoms with Gasteiger partial charge in [0.1, 0.15) is 6.04 Å². The fourth-order valence-electron chi connectivity index (χ4n) is 4.90. The van der Waals surface area contributed by atoms with Crippen LogP contribution in [0.25, 0.3) is 0 Å². The van der Waals surface area contributed by atoms with E-state index in [0.29, 0.717) is 10.0 Å². The van der Waals surface area contributed by atoms with Crippen molar-refractivity contribution in [1.29, 1.82) is 0 Å². The molecule has 0 aromatic heterocycles. The van der Waals surface area contributed by atoms with Gasteiger partial charge in [-0.2, -0.15) is 0 Å². The minimum absolute atomic E-state index is 0.104. The molecular formula is C30H32Cl2N2O2. The van der Waals surface area contributed by atoms with Gasteiger partial charge in [0.25, 0.3) is 0 Å². The van der Waals surface area contributed by atoms with Crippen LogP contribution in [0.3, 0.4) is 0 Å². The quantitative estimate of drug-likeness (QED) is 0.329. The van der Waals surface area contributed by atoms with Crippen LogP contribution in [-0.2, 0) is 16.1 Å². The maximum absolute atomic E-state index is 13.9. The minimum Gasteiger partial charge on any atom is -0.352 e. The molecule has 6 heteroatoms. The Morgan fingerprint density at radius 2 is 1.50 bits per heavy atom. The first kappa shape index (κ1) is 26.2. The van der Waals surface area contributed by atoms with Gasteiger partial charge >= 0.3 is 0 Å². The Kier molecular flexibility index (Phi) is 9.06. The second kappa shape index (κ2) is 12.4. The molecule has 1 aliphatic rings. The molecule has 2 amide bonds. The summed E-state index contributed by atoms with van der Waals surface area (Å²) in [6.45, 7) is 2.02. The predicted molar refractivity (Wildman–Crippen MR) is 146 cm³/mol. The van der Waals surface area contributed by atoms with Gasteiger partial charge in [-0.05, 0) is 48.6 Å². The molecule has 1 fully saturated rings. The first-order chi connectivity index (χ1) is 17.4. The average Bonchev–Trinajstić information content (AvgIpc) is 3.40. The summed E-state index contributed by atoms with van der Waals surface area (Å²) in [7, 11) is 0. The zero-order valence-corrected chi connectivity index (χ0v) is 22.0. The highest BCUT2D eigenvalue weighted by molar-refractivity contribution is 6.35. The third-order valence-corrected chi connectivity index (χ3v) is 7.59. The summed E-state index contributed by atoms with van der Waals surface area (Å²) in [6, 6.07) is 24.8. The number of halogens is 2. The van der Waals surface area contributed by atoms with Crippen LogP contribution < -0.4 is 5.32 Å². The Bertz CT molecular complexity index is 1120. The third kappa shape index (κ3) is 6.68. The van der Waals surface area contributed by atoms with Gasteiger partial charge in [-0.1, -0.05) is 103 Å². The fourth-order valence-corrected chi connectivity index (χ4v) is 5.37. The molecule has 1 N–H and O–H groups in total. The maximum Gasteiger partial charge on any atom is 0.242 e. The zero-order chi connectivity index (χ0) is 25.5. The Balaban J connectivity index is 1.62. The molecule has 1 aliphatic carbocycles. The van der Waals surface area contributed by atoms with E-state index in [0.717, 1.165) is 42.4 Å². The van der Waals surface area contributed by atoms with Gasteiger partial charge < -0.3 is 10.2 Å².